The zero-order valence-electron chi connectivity index (χ0n) is 17.9. The first-order valence-electron chi connectivity index (χ1n) is 11.2. The van der Waals surface area contributed by atoms with Crippen LogP contribution in [0.1, 0.15) is 54.6 Å². The average Bonchev–Trinajstić information content (AvgIpc) is 3.33. The number of aromatic nitrogens is 2. The summed E-state index contributed by atoms with van der Waals surface area (Å²) in [6.45, 7) is 2.67. The van der Waals surface area contributed by atoms with Crippen LogP contribution in [0, 0.1) is 5.92 Å². The molecule has 0 radical (unpaired) electrons. The Hall–Kier alpha value is -2.90. The molecule has 1 aliphatic carbocycles. The standard InChI is InChI=1S/C23H30N4O4/c28-22(17-20-8-15-31-25-20)26-10-12-27(13-11-26)23(29)19-6-9-24-21(16-19)30-14-7-18-4-2-1-3-5-18/h6,8-9,15-16,18H,1-5,7,10-14,17H2. The Morgan fingerprint density at radius 3 is 2.58 bits per heavy atom. The number of rotatable bonds is 7. The fourth-order valence-electron chi connectivity index (χ4n) is 4.36. The van der Waals surface area contributed by atoms with Gasteiger partial charge in [-0.1, -0.05) is 37.3 Å². The predicted octanol–water partition coefficient (Wildman–Crippen LogP) is 2.95. The molecular formula is C23H30N4O4. The molecule has 1 saturated heterocycles. The fraction of sp³-hybridized carbons (Fsp3) is 0.565. The number of amides is 2. The number of piperazine rings is 1. The Balaban J connectivity index is 1.24. The Morgan fingerprint density at radius 2 is 1.84 bits per heavy atom. The zero-order chi connectivity index (χ0) is 21.5. The van der Waals surface area contributed by atoms with Crippen molar-refractivity contribution >= 4 is 11.8 Å². The third-order valence-electron chi connectivity index (χ3n) is 6.23. The average molecular weight is 427 g/mol. The maximum Gasteiger partial charge on any atom is 0.254 e. The van der Waals surface area contributed by atoms with Crippen LogP contribution < -0.4 is 4.74 Å². The molecule has 2 aliphatic rings. The summed E-state index contributed by atoms with van der Waals surface area (Å²) < 4.78 is 10.6. The molecule has 0 unspecified atom stereocenters. The van der Waals surface area contributed by atoms with Gasteiger partial charge in [0.05, 0.1) is 18.7 Å². The van der Waals surface area contributed by atoms with E-state index in [9.17, 15) is 9.59 Å². The van der Waals surface area contributed by atoms with Crippen LogP contribution >= 0.6 is 0 Å². The third-order valence-corrected chi connectivity index (χ3v) is 6.23. The van der Waals surface area contributed by atoms with Crippen molar-refractivity contribution in [3.05, 3.63) is 41.9 Å². The summed E-state index contributed by atoms with van der Waals surface area (Å²) in [6.07, 6.45) is 10.9. The van der Waals surface area contributed by atoms with Gasteiger partial charge in [-0.05, 0) is 18.4 Å². The predicted molar refractivity (Wildman–Crippen MR) is 114 cm³/mol. The molecule has 31 heavy (non-hydrogen) atoms. The molecule has 0 N–H and O–H groups in total. The maximum atomic E-state index is 12.9. The van der Waals surface area contributed by atoms with Crippen molar-refractivity contribution in [1.82, 2.24) is 19.9 Å². The van der Waals surface area contributed by atoms with E-state index in [1.807, 2.05) is 0 Å². The second-order valence-corrected chi connectivity index (χ2v) is 8.36. The van der Waals surface area contributed by atoms with E-state index in [-0.39, 0.29) is 18.2 Å². The number of ether oxygens (including phenoxy) is 1. The van der Waals surface area contributed by atoms with Crippen molar-refractivity contribution < 1.29 is 18.8 Å². The molecule has 2 aromatic heterocycles. The van der Waals surface area contributed by atoms with Gasteiger partial charge < -0.3 is 19.1 Å². The highest BCUT2D eigenvalue weighted by Crippen LogP contribution is 2.26. The lowest BCUT2D eigenvalue weighted by atomic mass is 9.87. The van der Waals surface area contributed by atoms with Crippen LogP contribution in [0.2, 0.25) is 0 Å². The van der Waals surface area contributed by atoms with Gasteiger partial charge >= 0.3 is 0 Å². The Labute approximate surface area is 182 Å². The molecule has 8 heteroatoms. The molecule has 1 saturated carbocycles. The van der Waals surface area contributed by atoms with E-state index < -0.39 is 0 Å². The molecule has 4 rings (SSSR count). The van der Waals surface area contributed by atoms with Gasteiger partial charge in [0.25, 0.3) is 5.91 Å². The quantitative estimate of drug-likeness (QED) is 0.676. The summed E-state index contributed by atoms with van der Waals surface area (Å²) in [7, 11) is 0. The van der Waals surface area contributed by atoms with Gasteiger partial charge in [-0.25, -0.2) is 4.98 Å². The minimum atomic E-state index is -0.0527. The second kappa shape index (κ2) is 10.4. The molecule has 166 valence electrons. The fourth-order valence-corrected chi connectivity index (χ4v) is 4.36. The smallest absolute Gasteiger partial charge is 0.254 e. The number of nitrogens with zero attached hydrogens (tertiary/aromatic N) is 4. The Kier molecular flexibility index (Phi) is 7.17. The van der Waals surface area contributed by atoms with Gasteiger partial charge in [0.15, 0.2) is 0 Å². The lowest BCUT2D eigenvalue weighted by Gasteiger charge is -2.34. The molecule has 0 spiro atoms. The molecule has 2 aromatic rings. The minimum absolute atomic E-state index is 0.00133. The number of carbonyl (C=O) groups is 2. The van der Waals surface area contributed by atoms with Gasteiger partial charge in [0.1, 0.15) is 6.26 Å². The van der Waals surface area contributed by atoms with Gasteiger partial charge in [-0.15, -0.1) is 0 Å². The van der Waals surface area contributed by atoms with Crippen molar-refractivity contribution in [2.75, 3.05) is 32.8 Å². The van der Waals surface area contributed by atoms with Crippen molar-refractivity contribution in [1.29, 1.82) is 0 Å². The molecule has 2 fully saturated rings. The summed E-state index contributed by atoms with van der Waals surface area (Å²) in [5.41, 5.74) is 1.20. The lowest BCUT2D eigenvalue weighted by molar-refractivity contribution is -0.132. The molecule has 2 amide bonds. The van der Waals surface area contributed by atoms with Crippen molar-refractivity contribution in [2.45, 2.75) is 44.9 Å². The summed E-state index contributed by atoms with van der Waals surface area (Å²) >= 11 is 0. The molecule has 0 aromatic carbocycles. The number of pyridine rings is 1. The van der Waals surface area contributed by atoms with Crippen LogP contribution in [0.4, 0.5) is 0 Å². The number of carbonyl (C=O) groups excluding carboxylic acids is 2. The number of hydrogen-bond donors (Lipinski definition) is 0. The molecular weight excluding hydrogens is 396 g/mol. The summed E-state index contributed by atoms with van der Waals surface area (Å²) in [4.78, 5) is 33.1. The first-order chi connectivity index (χ1) is 15.2. The van der Waals surface area contributed by atoms with Gasteiger partial charge in [-0.3, -0.25) is 9.59 Å². The zero-order valence-corrected chi connectivity index (χ0v) is 17.9. The van der Waals surface area contributed by atoms with Crippen molar-refractivity contribution in [2.24, 2.45) is 5.92 Å². The van der Waals surface area contributed by atoms with E-state index in [1.54, 1.807) is 34.2 Å². The normalized spacial score (nSPS) is 17.5. The van der Waals surface area contributed by atoms with E-state index in [0.717, 1.165) is 12.3 Å². The molecule has 1 aliphatic heterocycles. The Morgan fingerprint density at radius 1 is 1.06 bits per heavy atom. The van der Waals surface area contributed by atoms with E-state index in [1.165, 1.54) is 38.4 Å². The number of hydrogen-bond acceptors (Lipinski definition) is 6. The van der Waals surface area contributed by atoms with Gasteiger partial charge in [0.2, 0.25) is 11.8 Å². The molecule has 3 heterocycles. The maximum absolute atomic E-state index is 12.9. The molecule has 0 atom stereocenters. The Bertz CT molecular complexity index is 856. The van der Waals surface area contributed by atoms with Crippen LogP contribution in [0.15, 0.2) is 35.2 Å². The first kappa shape index (κ1) is 21.3. The van der Waals surface area contributed by atoms with Crippen molar-refractivity contribution in [3.63, 3.8) is 0 Å². The van der Waals surface area contributed by atoms with E-state index >= 15 is 0 Å². The van der Waals surface area contributed by atoms with Crippen LogP contribution in [0.25, 0.3) is 0 Å². The molecule has 0 bridgehead atoms. The van der Waals surface area contributed by atoms with E-state index in [4.69, 9.17) is 9.26 Å². The van der Waals surface area contributed by atoms with Gasteiger partial charge in [0, 0.05) is 50.1 Å². The monoisotopic (exact) mass is 426 g/mol. The van der Waals surface area contributed by atoms with E-state index in [0.29, 0.717) is 49.9 Å². The van der Waals surface area contributed by atoms with Gasteiger partial charge in [-0.2, -0.15) is 0 Å². The topological polar surface area (TPSA) is 88.8 Å². The minimum Gasteiger partial charge on any atom is -0.478 e. The van der Waals surface area contributed by atoms with Crippen LogP contribution in [-0.2, 0) is 11.2 Å². The lowest BCUT2D eigenvalue weighted by Crippen LogP contribution is -2.51. The van der Waals surface area contributed by atoms with Crippen LogP contribution in [0.3, 0.4) is 0 Å². The first-order valence-corrected chi connectivity index (χ1v) is 11.2. The SMILES string of the molecule is O=C(Cc1ccon1)N1CCN(C(=O)c2ccnc(OCCC3CCCCC3)c2)CC1. The third kappa shape index (κ3) is 5.83. The highest BCUT2D eigenvalue weighted by Gasteiger charge is 2.25. The van der Waals surface area contributed by atoms with Crippen LogP contribution in [0.5, 0.6) is 5.88 Å². The van der Waals surface area contributed by atoms with Crippen LogP contribution in [-0.4, -0.2) is 64.5 Å². The molecule has 8 nitrogen and oxygen atoms in total. The highest BCUT2D eigenvalue weighted by atomic mass is 16.5. The summed E-state index contributed by atoms with van der Waals surface area (Å²) in [5.74, 6) is 1.20. The van der Waals surface area contributed by atoms with Crippen molar-refractivity contribution in [3.8, 4) is 5.88 Å². The largest absolute Gasteiger partial charge is 0.478 e. The highest BCUT2D eigenvalue weighted by molar-refractivity contribution is 5.94. The summed E-state index contributed by atoms with van der Waals surface area (Å²) in [6, 6.07) is 5.14. The second-order valence-electron chi connectivity index (χ2n) is 8.36. The summed E-state index contributed by atoms with van der Waals surface area (Å²) in [5, 5.41) is 3.78. The van der Waals surface area contributed by atoms with E-state index in [2.05, 4.69) is 10.1 Å².